The molecule has 2 aromatic rings. The molecule has 1 unspecified atom stereocenters. The minimum atomic E-state index is -0.635. The molecule has 0 radical (unpaired) electrons. The van der Waals surface area contributed by atoms with Gasteiger partial charge in [-0.25, -0.2) is 0 Å². The summed E-state index contributed by atoms with van der Waals surface area (Å²) in [6.07, 6.45) is 5.02. The lowest BCUT2D eigenvalue weighted by Gasteiger charge is -2.33. The van der Waals surface area contributed by atoms with Gasteiger partial charge < -0.3 is 15.2 Å². The summed E-state index contributed by atoms with van der Waals surface area (Å²) in [6.45, 7) is 4.02. The van der Waals surface area contributed by atoms with Crippen molar-refractivity contribution in [3.8, 4) is 11.1 Å². The molecule has 1 saturated heterocycles. The highest BCUT2D eigenvalue weighted by atomic mass is 16.5. The highest BCUT2D eigenvalue weighted by Gasteiger charge is 2.29. The molecular weight excluding hydrogens is 288 g/mol. The van der Waals surface area contributed by atoms with Crippen LogP contribution in [0, 0.1) is 0 Å². The molecule has 122 valence electrons. The number of nitrogens with one attached hydrogen (secondary N) is 1. The maximum atomic E-state index is 10.5. The minimum absolute atomic E-state index is 0.202. The highest BCUT2D eigenvalue weighted by molar-refractivity contribution is 5.62. The minimum Gasteiger partial charge on any atom is -0.388 e. The first kappa shape index (κ1) is 16.1. The van der Waals surface area contributed by atoms with Gasteiger partial charge in [0, 0.05) is 51.0 Å². The van der Waals surface area contributed by atoms with Crippen LogP contribution in [0.25, 0.3) is 11.1 Å². The quantitative estimate of drug-likeness (QED) is 0.891. The van der Waals surface area contributed by atoms with Gasteiger partial charge in [0.05, 0.1) is 5.60 Å². The summed E-state index contributed by atoms with van der Waals surface area (Å²) in [4.78, 5) is 4.05. The molecule has 4 nitrogen and oxygen atoms in total. The maximum absolute atomic E-state index is 10.5. The first-order chi connectivity index (χ1) is 11.2. The Hall–Kier alpha value is -1.75. The lowest BCUT2D eigenvalue weighted by molar-refractivity contribution is -0.0626. The van der Waals surface area contributed by atoms with Gasteiger partial charge in [0.2, 0.25) is 0 Å². The summed E-state index contributed by atoms with van der Waals surface area (Å²) < 4.78 is 5.32. The summed E-state index contributed by atoms with van der Waals surface area (Å²) in [5.74, 6) is 0. The number of rotatable bonds is 5. The Balaban J connectivity index is 1.60. The van der Waals surface area contributed by atoms with Crippen molar-refractivity contribution < 1.29 is 9.84 Å². The zero-order valence-corrected chi connectivity index (χ0v) is 13.5. The summed E-state index contributed by atoms with van der Waals surface area (Å²) in [5, 5.41) is 14.0. The Morgan fingerprint density at radius 1 is 1.09 bits per heavy atom. The van der Waals surface area contributed by atoms with E-state index < -0.39 is 5.60 Å². The Morgan fingerprint density at radius 2 is 1.70 bits per heavy atom. The van der Waals surface area contributed by atoms with Gasteiger partial charge in [-0.2, -0.15) is 0 Å². The third kappa shape index (κ3) is 4.16. The van der Waals surface area contributed by atoms with Crippen LogP contribution in [-0.4, -0.2) is 35.5 Å². The van der Waals surface area contributed by atoms with E-state index in [4.69, 9.17) is 4.74 Å². The predicted octanol–water partition coefficient (Wildman–Crippen LogP) is 2.94. The van der Waals surface area contributed by atoms with E-state index in [0.717, 1.165) is 0 Å². The molecule has 1 atom stereocenters. The van der Waals surface area contributed by atoms with Crippen molar-refractivity contribution in [2.75, 3.05) is 19.8 Å². The number of hydrogen-bond acceptors (Lipinski definition) is 4. The molecule has 1 aliphatic rings. The summed E-state index contributed by atoms with van der Waals surface area (Å²) in [6, 6.07) is 12.8. The molecule has 1 aromatic carbocycles. The molecule has 2 heterocycles. The molecule has 1 fully saturated rings. The number of pyridine rings is 1. The molecule has 2 N–H and O–H groups in total. The average molecular weight is 312 g/mol. The van der Waals surface area contributed by atoms with E-state index in [9.17, 15) is 5.11 Å². The number of aliphatic hydroxyl groups is 1. The van der Waals surface area contributed by atoms with Crippen LogP contribution in [0.2, 0.25) is 0 Å². The zero-order chi connectivity index (χ0) is 16.1. The van der Waals surface area contributed by atoms with Gasteiger partial charge in [-0.15, -0.1) is 0 Å². The molecule has 0 aliphatic carbocycles. The molecule has 4 heteroatoms. The molecule has 1 aliphatic heterocycles. The maximum Gasteiger partial charge on any atom is 0.0815 e. The van der Waals surface area contributed by atoms with Gasteiger partial charge in [0.1, 0.15) is 0 Å². The second-order valence-electron chi connectivity index (χ2n) is 6.30. The second-order valence-corrected chi connectivity index (χ2v) is 6.30. The SMILES string of the molecule is CC(NCC1(O)CCOCC1)c1ccc(-c2ccncc2)cc1. The van der Waals surface area contributed by atoms with Crippen molar-refractivity contribution in [2.24, 2.45) is 0 Å². The third-order valence-corrected chi connectivity index (χ3v) is 4.59. The van der Waals surface area contributed by atoms with Crippen molar-refractivity contribution in [1.82, 2.24) is 10.3 Å². The fraction of sp³-hybridized carbons (Fsp3) is 0.421. The largest absolute Gasteiger partial charge is 0.388 e. The number of ether oxygens (including phenoxy) is 1. The smallest absolute Gasteiger partial charge is 0.0815 e. The van der Waals surface area contributed by atoms with Crippen molar-refractivity contribution in [3.05, 3.63) is 54.4 Å². The molecule has 0 amide bonds. The lowest BCUT2D eigenvalue weighted by atomic mass is 9.93. The van der Waals surface area contributed by atoms with E-state index in [2.05, 4.69) is 41.5 Å². The van der Waals surface area contributed by atoms with Gasteiger partial charge in [-0.1, -0.05) is 24.3 Å². The van der Waals surface area contributed by atoms with Crippen molar-refractivity contribution in [2.45, 2.75) is 31.4 Å². The van der Waals surface area contributed by atoms with Crippen molar-refractivity contribution >= 4 is 0 Å². The van der Waals surface area contributed by atoms with E-state index in [1.807, 2.05) is 24.5 Å². The van der Waals surface area contributed by atoms with Crippen LogP contribution < -0.4 is 5.32 Å². The average Bonchev–Trinajstić information content (AvgIpc) is 2.61. The Bertz CT molecular complexity index is 607. The fourth-order valence-electron chi connectivity index (χ4n) is 2.90. The van der Waals surface area contributed by atoms with E-state index in [1.54, 1.807) is 0 Å². The number of benzene rings is 1. The zero-order valence-electron chi connectivity index (χ0n) is 13.5. The molecule has 0 saturated carbocycles. The van der Waals surface area contributed by atoms with Crippen molar-refractivity contribution in [1.29, 1.82) is 0 Å². The van der Waals surface area contributed by atoms with Crippen molar-refractivity contribution in [3.63, 3.8) is 0 Å². The number of hydrogen-bond donors (Lipinski definition) is 2. The van der Waals surface area contributed by atoms with Crippen LogP contribution >= 0.6 is 0 Å². The predicted molar refractivity (Wildman–Crippen MR) is 91.1 cm³/mol. The van der Waals surface area contributed by atoms with Crippen LogP contribution in [0.3, 0.4) is 0 Å². The van der Waals surface area contributed by atoms with Gasteiger partial charge >= 0.3 is 0 Å². The monoisotopic (exact) mass is 312 g/mol. The summed E-state index contributed by atoms with van der Waals surface area (Å²) in [7, 11) is 0. The van der Waals surface area contributed by atoms with E-state index in [-0.39, 0.29) is 6.04 Å². The molecule has 1 aromatic heterocycles. The Labute approximate surface area is 137 Å². The normalized spacial score (nSPS) is 18.5. The van der Waals surface area contributed by atoms with Gasteiger partial charge in [0.15, 0.2) is 0 Å². The lowest BCUT2D eigenvalue weighted by Crippen LogP contribution is -2.45. The first-order valence-corrected chi connectivity index (χ1v) is 8.20. The summed E-state index contributed by atoms with van der Waals surface area (Å²) >= 11 is 0. The third-order valence-electron chi connectivity index (χ3n) is 4.59. The number of nitrogens with zero attached hydrogens (tertiary/aromatic N) is 1. The van der Waals surface area contributed by atoms with Crippen LogP contribution in [0.5, 0.6) is 0 Å². The van der Waals surface area contributed by atoms with E-state index >= 15 is 0 Å². The molecule has 3 rings (SSSR count). The second kappa shape index (κ2) is 7.21. The molecular formula is C19H24N2O2. The molecule has 23 heavy (non-hydrogen) atoms. The molecule has 0 spiro atoms. The van der Waals surface area contributed by atoms with Crippen LogP contribution in [0.15, 0.2) is 48.8 Å². The standard InChI is InChI=1S/C19H24N2O2/c1-15(21-14-19(22)8-12-23-13-9-19)16-2-4-17(5-3-16)18-6-10-20-11-7-18/h2-7,10-11,15,21-22H,8-9,12-14H2,1H3. The Kier molecular flexibility index (Phi) is 5.06. The van der Waals surface area contributed by atoms with Crippen LogP contribution in [0.4, 0.5) is 0 Å². The molecule has 0 bridgehead atoms. The number of aromatic nitrogens is 1. The van der Waals surface area contributed by atoms with Gasteiger partial charge in [0.25, 0.3) is 0 Å². The fourth-order valence-corrected chi connectivity index (χ4v) is 2.90. The topological polar surface area (TPSA) is 54.4 Å². The van der Waals surface area contributed by atoms with E-state index in [1.165, 1.54) is 16.7 Å². The van der Waals surface area contributed by atoms with Crippen LogP contribution in [-0.2, 0) is 4.74 Å². The summed E-state index contributed by atoms with van der Waals surface area (Å²) in [5.41, 5.74) is 2.94. The van der Waals surface area contributed by atoms with Crippen LogP contribution in [0.1, 0.15) is 31.4 Å². The first-order valence-electron chi connectivity index (χ1n) is 8.20. The van der Waals surface area contributed by atoms with E-state index in [0.29, 0.717) is 32.6 Å². The van der Waals surface area contributed by atoms with Gasteiger partial charge in [-0.05, 0) is 35.7 Å². The van der Waals surface area contributed by atoms with Gasteiger partial charge in [-0.3, -0.25) is 4.98 Å². The Morgan fingerprint density at radius 3 is 2.35 bits per heavy atom. The highest BCUT2D eigenvalue weighted by Crippen LogP contribution is 2.23.